The molecule has 2 aliphatic carbocycles. The van der Waals surface area contributed by atoms with E-state index in [0.29, 0.717) is 0 Å². The maximum atomic E-state index is 13.3. The lowest BCUT2D eigenvalue weighted by Crippen LogP contribution is -2.31. The van der Waals surface area contributed by atoms with E-state index in [2.05, 4.69) is 48.9 Å². The predicted octanol–water partition coefficient (Wildman–Crippen LogP) is 6.35. The summed E-state index contributed by atoms with van der Waals surface area (Å²) in [5.74, 6) is 3.51. The monoisotopic (exact) mass is 419 g/mol. The highest BCUT2D eigenvalue weighted by Crippen LogP contribution is 2.45. The third kappa shape index (κ3) is 4.18. The number of unbranched alkanes of at least 4 members (excludes halogenated alkanes) is 2. The molecule has 4 aliphatic rings. The molecular weight excluding hydrogens is 382 g/mol. The second kappa shape index (κ2) is 8.80. The molecule has 2 aliphatic heterocycles. The van der Waals surface area contributed by atoms with Crippen LogP contribution in [0.3, 0.4) is 0 Å². The number of nitrogens with zero attached hydrogens (tertiary/aromatic N) is 3. The van der Waals surface area contributed by atoms with Gasteiger partial charge in [0.25, 0.3) is 5.56 Å². The third-order valence-corrected chi connectivity index (χ3v) is 7.92. The smallest absolute Gasteiger partial charge is 0.277 e. The van der Waals surface area contributed by atoms with Crippen molar-refractivity contribution in [3.05, 3.63) is 40.8 Å². The lowest BCUT2D eigenvalue weighted by atomic mass is 9.64. The van der Waals surface area contributed by atoms with Crippen molar-refractivity contribution in [1.82, 2.24) is 14.3 Å². The summed E-state index contributed by atoms with van der Waals surface area (Å²) in [7, 11) is 0. The fourth-order valence-corrected chi connectivity index (χ4v) is 6.66. The van der Waals surface area contributed by atoms with Gasteiger partial charge in [0, 0.05) is 24.7 Å². The quantitative estimate of drug-likeness (QED) is 0.419. The summed E-state index contributed by atoms with van der Waals surface area (Å²) >= 11 is 0. The average molecular weight is 420 g/mol. The third-order valence-electron chi connectivity index (χ3n) is 7.92. The van der Waals surface area contributed by atoms with Crippen LogP contribution in [0.15, 0.2) is 35.3 Å². The highest BCUT2D eigenvalue weighted by molar-refractivity contribution is 5.93. The molecule has 1 aromatic carbocycles. The summed E-state index contributed by atoms with van der Waals surface area (Å²) in [4.78, 5) is 13.3. The topological polar surface area (TPSA) is 39.8 Å². The Morgan fingerprint density at radius 1 is 1.00 bits per heavy atom. The molecule has 2 fully saturated rings. The average Bonchev–Trinajstić information content (AvgIpc) is 3.07. The molecule has 0 saturated heterocycles. The maximum absolute atomic E-state index is 13.3. The lowest BCUT2D eigenvalue weighted by molar-refractivity contribution is 0.0972. The van der Waals surface area contributed by atoms with Crippen LogP contribution in [-0.4, -0.2) is 14.3 Å². The molecule has 1 aromatic rings. The van der Waals surface area contributed by atoms with Gasteiger partial charge in [-0.3, -0.25) is 4.79 Å². The van der Waals surface area contributed by atoms with Gasteiger partial charge in [-0.25, -0.2) is 4.68 Å². The first-order valence-electron chi connectivity index (χ1n) is 12.6. The standard InChI is InChI=1S/C27H37N3O/c1-3-4-7-11-29-18-24-26(23-8-5-6-9-25(23)29)28-30(27(24)31)12-10-20-15-21-13-19(2)14-22(16-20)17-21/h5-6,8-9,18-22H,3-4,7,10-17H2,1-2H3. The minimum atomic E-state index is 0.0922. The van der Waals surface area contributed by atoms with E-state index >= 15 is 0 Å². The number of benzene rings is 1. The van der Waals surface area contributed by atoms with Gasteiger partial charge in [-0.1, -0.05) is 44.9 Å². The van der Waals surface area contributed by atoms with Crippen molar-refractivity contribution >= 4 is 10.9 Å². The Morgan fingerprint density at radius 3 is 2.55 bits per heavy atom. The molecule has 166 valence electrons. The zero-order chi connectivity index (χ0) is 21.4. The number of hydrogen-bond acceptors (Lipinski definition) is 2. The first-order valence-corrected chi connectivity index (χ1v) is 12.6. The number of fused-ring (bicyclic) bond motifs is 5. The Labute approximate surface area is 186 Å². The van der Waals surface area contributed by atoms with E-state index in [1.54, 1.807) is 4.68 Å². The second-order valence-electron chi connectivity index (χ2n) is 10.5. The number of hydrogen-bond donors (Lipinski definition) is 0. The Morgan fingerprint density at radius 2 is 1.77 bits per heavy atom. The molecule has 2 atom stereocenters. The number of aromatic nitrogens is 3. The molecule has 4 nitrogen and oxygen atoms in total. The molecule has 31 heavy (non-hydrogen) atoms. The summed E-state index contributed by atoms with van der Waals surface area (Å²) in [5, 5.41) is 5.94. The Bertz CT molecular complexity index is 1050. The summed E-state index contributed by atoms with van der Waals surface area (Å²) in [6, 6.07) is 8.42. The Hall–Kier alpha value is -2.10. The molecule has 2 bridgehead atoms. The zero-order valence-electron chi connectivity index (χ0n) is 19.2. The van der Waals surface area contributed by atoms with E-state index in [9.17, 15) is 4.79 Å². The van der Waals surface area contributed by atoms with Gasteiger partial charge in [-0.05, 0) is 74.7 Å². The van der Waals surface area contributed by atoms with E-state index < -0.39 is 0 Å². The summed E-state index contributed by atoms with van der Waals surface area (Å²) in [5.41, 5.74) is 2.94. The van der Waals surface area contributed by atoms with Gasteiger partial charge in [0.05, 0.1) is 11.1 Å². The number of pyridine rings is 1. The fraction of sp³-hybridized carbons (Fsp3) is 0.630. The molecule has 2 heterocycles. The van der Waals surface area contributed by atoms with Crippen LogP contribution < -0.4 is 5.56 Å². The van der Waals surface area contributed by atoms with Crippen molar-refractivity contribution in [3.8, 4) is 11.3 Å². The van der Waals surface area contributed by atoms with E-state index in [1.165, 1.54) is 50.5 Å². The van der Waals surface area contributed by atoms with Gasteiger partial charge < -0.3 is 4.57 Å². The van der Waals surface area contributed by atoms with E-state index in [0.717, 1.165) is 66.2 Å². The van der Waals surface area contributed by atoms with Crippen molar-refractivity contribution in [2.24, 2.45) is 23.7 Å². The molecule has 2 saturated carbocycles. The normalized spacial score (nSPS) is 26.0. The fourth-order valence-electron chi connectivity index (χ4n) is 6.66. The van der Waals surface area contributed by atoms with Crippen molar-refractivity contribution < 1.29 is 0 Å². The van der Waals surface area contributed by atoms with Crippen LogP contribution in [0.4, 0.5) is 0 Å². The summed E-state index contributed by atoms with van der Waals surface area (Å²) in [6.07, 6.45) is 13.7. The van der Waals surface area contributed by atoms with Crippen LogP contribution >= 0.6 is 0 Å². The molecule has 0 amide bonds. The van der Waals surface area contributed by atoms with E-state index in [1.807, 2.05) is 0 Å². The summed E-state index contributed by atoms with van der Waals surface area (Å²) in [6.45, 7) is 6.37. The van der Waals surface area contributed by atoms with Gasteiger partial charge in [0.15, 0.2) is 0 Å². The van der Waals surface area contributed by atoms with E-state index in [-0.39, 0.29) is 5.56 Å². The molecular formula is C27H37N3O. The minimum Gasteiger partial charge on any atom is -0.347 e. The SMILES string of the molecule is CCCCCn1cc2c(=O)n(CCC3CC4CC(C)CC(C3)C4)nc-2c2ccccc21. The van der Waals surface area contributed by atoms with Gasteiger partial charge >= 0.3 is 0 Å². The van der Waals surface area contributed by atoms with Crippen LogP contribution in [0, 0.1) is 23.7 Å². The predicted molar refractivity (Wildman–Crippen MR) is 127 cm³/mol. The van der Waals surface area contributed by atoms with Crippen molar-refractivity contribution in [2.75, 3.05) is 0 Å². The largest absolute Gasteiger partial charge is 0.347 e. The molecule has 0 radical (unpaired) electrons. The summed E-state index contributed by atoms with van der Waals surface area (Å²) < 4.78 is 4.03. The van der Waals surface area contributed by atoms with Gasteiger partial charge in [0.2, 0.25) is 0 Å². The molecule has 2 unspecified atom stereocenters. The molecule has 5 rings (SSSR count). The Balaban J connectivity index is 1.39. The second-order valence-corrected chi connectivity index (χ2v) is 10.5. The minimum absolute atomic E-state index is 0.0922. The molecule has 4 heteroatoms. The molecule has 0 spiro atoms. The van der Waals surface area contributed by atoms with Crippen molar-refractivity contribution in [3.63, 3.8) is 0 Å². The van der Waals surface area contributed by atoms with Crippen LogP contribution in [0.1, 0.15) is 71.6 Å². The zero-order valence-corrected chi connectivity index (χ0v) is 19.2. The Kier molecular flexibility index (Phi) is 5.90. The van der Waals surface area contributed by atoms with Crippen LogP contribution in [0.25, 0.3) is 22.2 Å². The van der Waals surface area contributed by atoms with Crippen LogP contribution in [-0.2, 0) is 13.1 Å². The first kappa shape index (κ1) is 20.8. The highest BCUT2D eigenvalue weighted by Gasteiger charge is 2.34. The maximum Gasteiger partial charge on any atom is 0.277 e. The molecule has 0 aromatic heterocycles. The highest BCUT2D eigenvalue weighted by atomic mass is 16.1. The lowest BCUT2D eigenvalue weighted by Gasteiger charge is -2.41. The van der Waals surface area contributed by atoms with Gasteiger partial charge in [-0.15, -0.1) is 0 Å². The van der Waals surface area contributed by atoms with E-state index in [4.69, 9.17) is 5.10 Å². The first-order chi connectivity index (χ1) is 15.1. The van der Waals surface area contributed by atoms with Crippen molar-refractivity contribution in [1.29, 1.82) is 0 Å². The van der Waals surface area contributed by atoms with Crippen molar-refractivity contribution in [2.45, 2.75) is 84.7 Å². The van der Waals surface area contributed by atoms with Crippen LogP contribution in [0.5, 0.6) is 0 Å². The van der Waals surface area contributed by atoms with Gasteiger partial charge in [0.1, 0.15) is 5.69 Å². The van der Waals surface area contributed by atoms with Gasteiger partial charge in [-0.2, -0.15) is 5.10 Å². The number of para-hydroxylation sites is 1. The molecule has 0 N–H and O–H groups in total. The number of aryl methyl sites for hydroxylation is 2. The van der Waals surface area contributed by atoms with Crippen LogP contribution in [0.2, 0.25) is 0 Å². The number of rotatable bonds is 7.